The third-order valence-corrected chi connectivity index (χ3v) is 6.83. The predicted octanol–water partition coefficient (Wildman–Crippen LogP) is 5.60. The van der Waals surface area contributed by atoms with E-state index in [1.54, 1.807) is 74.1 Å². The van der Waals surface area contributed by atoms with Crippen LogP contribution in [0.2, 0.25) is 0 Å². The molecule has 0 radical (unpaired) electrons. The van der Waals surface area contributed by atoms with Crippen LogP contribution in [0.1, 0.15) is 33.9 Å². The zero-order valence-corrected chi connectivity index (χ0v) is 21.7. The second kappa shape index (κ2) is 11.2. The number of ketones is 1. The Bertz CT molecular complexity index is 1510. The maximum Gasteiger partial charge on any atom is 0.295 e. The molecule has 1 amide bonds. The van der Waals surface area contributed by atoms with E-state index in [-0.39, 0.29) is 17.9 Å². The first-order valence-corrected chi connectivity index (χ1v) is 12.6. The fourth-order valence-corrected chi connectivity index (χ4v) is 4.66. The van der Waals surface area contributed by atoms with E-state index in [1.807, 2.05) is 37.3 Å². The van der Waals surface area contributed by atoms with Crippen LogP contribution in [-0.2, 0) is 22.7 Å². The molecule has 1 fully saturated rings. The predicted molar refractivity (Wildman–Crippen MR) is 147 cm³/mol. The van der Waals surface area contributed by atoms with Crippen LogP contribution in [-0.4, -0.2) is 33.8 Å². The summed E-state index contributed by atoms with van der Waals surface area (Å²) in [4.78, 5) is 32.1. The van der Waals surface area contributed by atoms with Gasteiger partial charge in [-0.2, -0.15) is 0 Å². The molecule has 1 atom stereocenters. The second-order valence-electron chi connectivity index (χ2n) is 9.30. The summed E-state index contributed by atoms with van der Waals surface area (Å²) in [6.07, 6.45) is 3.30. The normalized spacial score (nSPS) is 16.4. The lowest BCUT2D eigenvalue weighted by Gasteiger charge is -2.25. The lowest BCUT2D eigenvalue weighted by Crippen LogP contribution is -2.29. The number of hydrogen-bond acceptors (Lipinski definition) is 6. The Balaban J connectivity index is 1.48. The van der Waals surface area contributed by atoms with Gasteiger partial charge in [0.25, 0.3) is 11.7 Å². The number of benzene rings is 3. The zero-order valence-electron chi connectivity index (χ0n) is 21.7. The number of amides is 1. The van der Waals surface area contributed by atoms with Gasteiger partial charge in [-0.25, -0.2) is 0 Å². The van der Waals surface area contributed by atoms with Gasteiger partial charge in [0.05, 0.1) is 18.7 Å². The van der Waals surface area contributed by atoms with Crippen molar-refractivity contribution in [3.8, 4) is 11.5 Å². The molecule has 0 spiro atoms. The van der Waals surface area contributed by atoms with Gasteiger partial charge in [0.15, 0.2) is 0 Å². The summed E-state index contributed by atoms with van der Waals surface area (Å²) in [6.45, 7) is 2.61. The minimum Gasteiger partial charge on any atom is -0.507 e. The Kier molecular flexibility index (Phi) is 7.41. The van der Waals surface area contributed by atoms with Crippen molar-refractivity contribution < 1.29 is 24.2 Å². The van der Waals surface area contributed by atoms with Crippen LogP contribution in [0.15, 0.2) is 103 Å². The van der Waals surface area contributed by atoms with Crippen molar-refractivity contribution in [2.24, 2.45) is 0 Å². The van der Waals surface area contributed by atoms with E-state index in [1.165, 1.54) is 4.90 Å². The number of nitrogens with zero attached hydrogens (tertiary/aromatic N) is 2. The Morgan fingerprint density at radius 3 is 2.31 bits per heavy atom. The highest BCUT2D eigenvalue weighted by molar-refractivity contribution is 6.46. The van der Waals surface area contributed by atoms with E-state index >= 15 is 0 Å². The fraction of sp³-hybridized carbons (Fsp3) is 0.156. The molecule has 0 aliphatic carbocycles. The summed E-state index contributed by atoms with van der Waals surface area (Å²) < 4.78 is 11.2. The van der Waals surface area contributed by atoms with Crippen LogP contribution < -0.4 is 9.47 Å². The molecule has 39 heavy (non-hydrogen) atoms. The Labute approximate surface area is 227 Å². The molecule has 1 aliphatic rings. The summed E-state index contributed by atoms with van der Waals surface area (Å²) >= 11 is 0. The lowest BCUT2D eigenvalue weighted by atomic mass is 9.95. The van der Waals surface area contributed by atoms with E-state index in [0.717, 1.165) is 16.7 Å². The van der Waals surface area contributed by atoms with Crippen LogP contribution in [0.5, 0.6) is 11.5 Å². The van der Waals surface area contributed by atoms with E-state index in [9.17, 15) is 14.7 Å². The van der Waals surface area contributed by atoms with Gasteiger partial charge >= 0.3 is 0 Å². The average molecular weight is 521 g/mol. The molecule has 7 nitrogen and oxygen atoms in total. The van der Waals surface area contributed by atoms with Gasteiger partial charge in [-0.05, 0) is 71.6 Å². The molecule has 2 heterocycles. The topological polar surface area (TPSA) is 89.0 Å². The molecular formula is C32H28N2O5. The van der Waals surface area contributed by atoms with Gasteiger partial charge in [-0.15, -0.1) is 0 Å². The molecule has 3 aromatic carbocycles. The molecule has 0 bridgehead atoms. The monoisotopic (exact) mass is 520 g/mol. The maximum absolute atomic E-state index is 13.3. The number of Topliss-reactive ketones (excluding diaryl/α,β-unsaturated/α-hetero) is 1. The van der Waals surface area contributed by atoms with Gasteiger partial charge in [-0.3, -0.25) is 14.6 Å². The van der Waals surface area contributed by atoms with Crippen LogP contribution >= 0.6 is 0 Å². The lowest BCUT2D eigenvalue weighted by molar-refractivity contribution is -0.140. The highest BCUT2D eigenvalue weighted by Gasteiger charge is 2.46. The van der Waals surface area contributed by atoms with E-state index in [0.29, 0.717) is 29.2 Å². The first-order valence-electron chi connectivity index (χ1n) is 12.6. The number of ether oxygens (including phenoxy) is 2. The van der Waals surface area contributed by atoms with Crippen LogP contribution in [0.25, 0.3) is 5.76 Å². The van der Waals surface area contributed by atoms with Gasteiger partial charge in [0.1, 0.15) is 23.9 Å². The molecule has 4 aromatic rings. The minimum atomic E-state index is -0.784. The first kappa shape index (κ1) is 25.7. The van der Waals surface area contributed by atoms with Crippen molar-refractivity contribution in [3.05, 3.63) is 131 Å². The van der Waals surface area contributed by atoms with E-state index in [2.05, 4.69) is 4.98 Å². The number of carbonyl (C=O) groups is 2. The van der Waals surface area contributed by atoms with Crippen molar-refractivity contribution in [1.29, 1.82) is 0 Å². The average Bonchev–Trinajstić information content (AvgIpc) is 3.22. The molecular weight excluding hydrogens is 492 g/mol. The van der Waals surface area contributed by atoms with Crippen molar-refractivity contribution in [3.63, 3.8) is 0 Å². The molecule has 1 N–H and O–H groups in total. The van der Waals surface area contributed by atoms with Crippen LogP contribution in [0, 0.1) is 6.92 Å². The van der Waals surface area contributed by atoms with Crippen molar-refractivity contribution >= 4 is 17.4 Å². The Morgan fingerprint density at radius 2 is 1.64 bits per heavy atom. The zero-order chi connectivity index (χ0) is 27.4. The molecule has 7 heteroatoms. The minimum absolute atomic E-state index is 0.0302. The summed E-state index contributed by atoms with van der Waals surface area (Å²) in [5, 5.41) is 11.4. The number of aliphatic hydroxyl groups excluding tert-OH is 1. The van der Waals surface area contributed by atoms with Gasteiger partial charge in [0.2, 0.25) is 0 Å². The summed E-state index contributed by atoms with van der Waals surface area (Å²) in [7, 11) is 1.57. The fourth-order valence-electron chi connectivity index (χ4n) is 4.66. The number of hydrogen-bond donors (Lipinski definition) is 1. The molecule has 0 saturated carbocycles. The van der Waals surface area contributed by atoms with E-state index < -0.39 is 17.7 Å². The van der Waals surface area contributed by atoms with Gasteiger partial charge < -0.3 is 19.5 Å². The van der Waals surface area contributed by atoms with Crippen LogP contribution in [0.3, 0.4) is 0 Å². The molecule has 0 unspecified atom stereocenters. The highest BCUT2D eigenvalue weighted by atomic mass is 16.5. The number of aliphatic hydroxyl groups is 1. The number of aromatic nitrogens is 1. The molecule has 1 saturated heterocycles. The molecule has 5 rings (SSSR count). The molecule has 1 aromatic heterocycles. The molecule has 1 aliphatic heterocycles. The largest absolute Gasteiger partial charge is 0.507 e. The number of carbonyl (C=O) groups excluding carboxylic acids is 2. The van der Waals surface area contributed by atoms with E-state index in [4.69, 9.17) is 9.47 Å². The SMILES string of the molecule is COc1ccc([C@@H]2C(=C(O)c3ccc(OCc4ccccc4C)cc3)C(=O)C(=O)N2Cc2cccnc2)cc1. The number of pyridine rings is 1. The number of methoxy groups -OCH3 is 1. The quantitative estimate of drug-likeness (QED) is 0.185. The number of rotatable bonds is 8. The van der Waals surface area contributed by atoms with Crippen LogP contribution in [0.4, 0.5) is 0 Å². The Morgan fingerprint density at radius 1 is 0.923 bits per heavy atom. The smallest absolute Gasteiger partial charge is 0.295 e. The van der Waals surface area contributed by atoms with Crippen molar-refractivity contribution in [2.75, 3.05) is 7.11 Å². The molecule has 196 valence electrons. The van der Waals surface area contributed by atoms with Gasteiger partial charge in [0, 0.05) is 24.5 Å². The number of likely N-dealkylation sites (tertiary alicyclic amines) is 1. The second-order valence-corrected chi connectivity index (χ2v) is 9.30. The third kappa shape index (κ3) is 5.38. The third-order valence-electron chi connectivity index (χ3n) is 6.83. The Hall–Kier alpha value is -4.91. The summed E-state index contributed by atoms with van der Waals surface area (Å²) in [6, 6.07) is 24.8. The van der Waals surface area contributed by atoms with Crippen molar-refractivity contribution in [2.45, 2.75) is 26.1 Å². The summed E-state index contributed by atoms with van der Waals surface area (Å²) in [5.74, 6) is -0.396. The van der Waals surface area contributed by atoms with Crippen molar-refractivity contribution in [1.82, 2.24) is 9.88 Å². The standard InChI is InChI=1S/C32H28N2O5/c1-21-6-3-4-8-25(21)20-39-27-15-11-24(12-16-27)30(35)28-29(23-9-13-26(38-2)14-10-23)34(32(37)31(28)36)19-22-7-5-17-33-18-22/h3-18,29,35H,19-20H2,1-2H3/t29-/m1/s1. The summed E-state index contributed by atoms with van der Waals surface area (Å²) in [5.41, 5.74) is 4.12. The maximum atomic E-state index is 13.3. The first-order chi connectivity index (χ1) is 19.0. The van der Waals surface area contributed by atoms with Gasteiger partial charge in [-0.1, -0.05) is 42.5 Å². The highest BCUT2D eigenvalue weighted by Crippen LogP contribution is 2.40. The number of aryl methyl sites for hydroxylation is 1.